The zero-order chi connectivity index (χ0) is 21.2. The smallest absolute Gasteiger partial charge is 0.408 e. The zero-order valence-electron chi connectivity index (χ0n) is 16.0. The lowest BCUT2D eigenvalue weighted by atomic mass is 10.1. The molecule has 0 saturated heterocycles. The monoisotopic (exact) mass is 453 g/mol. The van der Waals surface area contributed by atoms with Crippen LogP contribution in [0.25, 0.3) is 10.2 Å². The number of carbonyl (C=O) groups excluding carboxylic acids is 2. The Morgan fingerprint density at radius 3 is 2.79 bits per heavy atom. The Kier molecular flexibility index (Phi) is 6.51. The minimum atomic E-state index is -0.789. The second-order valence-corrected chi connectivity index (χ2v) is 9.17. The summed E-state index contributed by atoms with van der Waals surface area (Å²) in [6.07, 6.45) is 3.61. The Balaban J connectivity index is 1.86. The molecule has 0 saturated carbocycles. The lowest BCUT2D eigenvalue weighted by Crippen LogP contribution is -2.41. The summed E-state index contributed by atoms with van der Waals surface area (Å²) in [6, 6.07) is 4.54. The largest absolute Gasteiger partial charge is 0.469 e. The van der Waals surface area contributed by atoms with Gasteiger partial charge in [-0.25, -0.2) is 9.78 Å². The van der Waals surface area contributed by atoms with Crippen molar-refractivity contribution in [3.63, 3.8) is 0 Å². The molecule has 3 aromatic heterocycles. The van der Waals surface area contributed by atoms with Gasteiger partial charge in [0.15, 0.2) is 0 Å². The third-order valence-corrected chi connectivity index (χ3v) is 5.72. The molecule has 3 rings (SSSR count). The first-order chi connectivity index (χ1) is 13.7. The van der Waals surface area contributed by atoms with E-state index in [1.807, 2.05) is 12.5 Å². The number of nitrogens with one attached hydrogen (secondary N) is 1. The first kappa shape index (κ1) is 21.6. The highest BCUT2D eigenvalue weighted by Crippen LogP contribution is 2.39. The third-order valence-electron chi connectivity index (χ3n) is 3.76. The van der Waals surface area contributed by atoms with E-state index in [1.165, 1.54) is 11.3 Å². The van der Waals surface area contributed by atoms with E-state index < -0.39 is 17.7 Å². The SMILES string of the molecule is CC(C)(C)OC(=O)N[C@@H](C=O)Cc1sc2c([CH]c3ccco3)cc(Cl)nc2c1Cl. The van der Waals surface area contributed by atoms with Gasteiger partial charge in [0, 0.05) is 11.3 Å². The van der Waals surface area contributed by atoms with E-state index >= 15 is 0 Å². The van der Waals surface area contributed by atoms with E-state index in [4.69, 9.17) is 32.4 Å². The van der Waals surface area contributed by atoms with Gasteiger partial charge in [-0.05, 0) is 44.5 Å². The molecule has 9 heteroatoms. The molecule has 0 aliphatic heterocycles. The second-order valence-electron chi connectivity index (χ2n) is 7.30. The summed E-state index contributed by atoms with van der Waals surface area (Å²) in [5, 5.41) is 3.25. The van der Waals surface area contributed by atoms with Crippen molar-refractivity contribution in [1.82, 2.24) is 10.3 Å². The van der Waals surface area contributed by atoms with Crippen molar-refractivity contribution >= 4 is 57.1 Å². The maximum atomic E-state index is 12.0. The van der Waals surface area contributed by atoms with Crippen LogP contribution in [-0.2, 0) is 16.0 Å². The van der Waals surface area contributed by atoms with Crippen molar-refractivity contribution in [3.05, 3.63) is 57.3 Å². The summed E-state index contributed by atoms with van der Waals surface area (Å²) in [4.78, 5) is 28.5. The highest BCUT2D eigenvalue weighted by molar-refractivity contribution is 7.20. The van der Waals surface area contributed by atoms with Crippen LogP contribution in [-0.4, -0.2) is 29.0 Å². The molecular formula is C20H19Cl2N2O4S. The number of rotatable bonds is 6. The lowest BCUT2D eigenvalue weighted by Gasteiger charge is -2.21. The first-order valence-corrected chi connectivity index (χ1v) is 10.3. The fraction of sp³-hybridized carbons (Fsp3) is 0.300. The van der Waals surface area contributed by atoms with Crippen molar-refractivity contribution in [1.29, 1.82) is 0 Å². The average molecular weight is 454 g/mol. The summed E-state index contributed by atoms with van der Waals surface area (Å²) in [6.45, 7) is 5.24. The minimum Gasteiger partial charge on any atom is -0.469 e. The molecular weight excluding hydrogens is 435 g/mol. The van der Waals surface area contributed by atoms with E-state index in [0.717, 1.165) is 10.3 Å². The quantitative estimate of drug-likeness (QED) is 0.397. The van der Waals surface area contributed by atoms with Gasteiger partial charge in [0.1, 0.15) is 28.3 Å². The zero-order valence-corrected chi connectivity index (χ0v) is 18.3. The predicted molar refractivity (Wildman–Crippen MR) is 114 cm³/mol. The Morgan fingerprint density at radius 1 is 1.41 bits per heavy atom. The highest BCUT2D eigenvalue weighted by atomic mass is 35.5. The van der Waals surface area contributed by atoms with E-state index in [1.54, 1.807) is 39.2 Å². The number of furan rings is 1. The first-order valence-electron chi connectivity index (χ1n) is 8.77. The van der Waals surface area contributed by atoms with Crippen molar-refractivity contribution in [2.24, 2.45) is 0 Å². The number of carbonyl (C=O) groups is 2. The topological polar surface area (TPSA) is 81.4 Å². The number of hydrogen-bond donors (Lipinski definition) is 1. The van der Waals surface area contributed by atoms with Gasteiger partial charge in [-0.1, -0.05) is 23.2 Å². The van der Waals surface area contributed by atoms with E-state index in [0.29, 0.717) is 32.6 Å². The molecule has 0 aliphatic rings. The van der Waals surface area contributed by atoms with Gasteiger partial charge in [-0.2, -0.15) is 0 Å². The van der Waals surface area contributed by atoms with Crippen LogP contribution >= 0.6 is 34.5 Å². The standard InChI is InChI=1S/C20H19Cl2N2O4S/c1-20(2,3)28-19(26)23-12(10-25)9-14-16(22)17-18(29-14)11(8-15(21)24-17)7-13-5-4-6-27-13/h4-8,10,12H,9H2,1-3H3,(H,23,26)/t12-/m1/s1. The summed E-state index contributed by atoms with van der Waals surface area (Å²) in [5.74, 6) is 0.664. The number of ether oxygens (including phenoxy) is 1. The summed E-state index contributed by atoms with van der Waals surface area (Å²) >= 11 is 14.1. The van der Waals surface area contributed by atoms with Crippen molar-refractivity contribution in [3.8, 4) is 0 Å². The molecule has 3 aromatic rings. The van der Waals surface area contributed by atoms with Crippen LogP contribution in [0, 0.1) is 6.42 Å². The number of pyridine rings is 1. The molecule has 0 spiro atoms. The maximum Gasteiger partial charge on any atom is 0.408 e. The number of halogens is 2. The molecule has 0 bridgehead atoms. The summed E-state index contributed by atoms with van der Waals surface area (Å²) in [5.41, 5.74) is 0.680. The van der Waals surface area contributed by atoms with Gasteiger partial charge >= 0.3 is 6.09 Å². The number of aromatic nitrogens is 1. The molecule has 1 radical (unpaired) electrons. The van der Waals surface area contributed by atoms with Crippen molar-refractivity contribution in [2.45, 2.75) is 38.8 Å². The number of aldehydes is 1. The number of hydrogen-bond acceptors (Lipinski definition) is 6. The molecule has 3 heterocycles. The van der Waals surface area contributed by atoms with Gasteiger partial charge in [0.2, 0.25) is 0 Å². The molecule has 6 nitrogen and oxygen atoms in total. The van der Waals surface area contributed by atoms with Crippen LogP contribution < -0.4 is 5.32 Å². The van der Waals surface area contributed by atoms with E-state index in [9.17, 15) is 9.59 Å². The number of amides is 1. The number of alkyl carbamates (subject to hydrolysis) is 1. The Hall–Kier alpha value is -2.09. The normalized spacial score (nSPS) is 12.7. The summed E-state index contributed by atoms with van der Waals surface area (Å²) < 4.78 is 11.4. The van der Waals surface area contributed by atoms with Crippen LogP contribution in [0.2, 0.25) is 10.2 Å². The van der Waals surface area contributed by atoms with Gasteiger partial charge in [0.25, 0.3) is 0 Å². The van der Waals surface area contributed by atoms with Gasteiger partial charge in [-0.3, -0.25) is 0 Å². The molecule has 153 valence electrons. The van der Waals surface area contributed by atoms with E-state index in [2.05, 4.69) is 10.3 Å². The Bertz CT molecular complexity index is 1030. The molecule has 29 heavy (non-hydrogen) atoms. The number of nitrogens with zero attached hydrogens (tertiary/aromatic N) is 1. The number of fused-ring (bicyclic) bond motifs is 1. The summed E-state index contributed by atoms with van der Waals surface area (Å²) in [7, 11) is 0. The Labute approximate surface area is 182 Å². The predicted octanol–water partition coefficient (Wildman–Crippen LogP) is 5.43. The maximum absolute atomic E-state index is 12.0. The molecule has 1 amide bonds. The molecule has 1 atom stereocenters. The van der Waals surface area contributed by atoms with Gasteiger partial charge in [-0.15, -0.1) is 11.3 Å². The highest BCUT2D eigenvalue weighted by Gasteiger charge is 2.23. The fourth-order valence-corrected chi connectivity index (χ4v) is 4.40. The molecule has 0 unspecified atom stereocenters. The van der Waals surface area contributed by atoms with Gasteiger partial charge < -0.3 is 19.3 Å². The van der Waals surface area contributed by atoms with Crippen molar-refractivity contribution in [2.75, 3.05) is 0 Å². The van der Waals surface area contributed by atoms with E-state index in [-0.39, 0.29) is 6.42 Å². The van der Waals surface area contributed by atoms with Crippen LogP contribution in [0.4, 0.5) is 4.79 Å². The molecule has 0 aliphatic carbocycles. The molecule has 0 aromatic carbocycles. The van der Waals surface area contributed by atoms with Crippen LogP contribution in [0.15, 0.2) is 28.9 Å². The van der Waals surface area contributed by atoms with Crippen LogP contribution in [0.3, 0.4) is 0 Å². The average Bonchev–Trinajstić information content (AvgIpc) is 3.22. The van der Waals surface area contributed by atoms with Gasteiger partial charge in [0.05, 0.1) is 28.4 Å². The lowest BCUT2D eigenvalue weighted by molar-refractivity contribution is -0.109. The van der Waals surface area contributed by atoms with Crippen LogP contribution in [0.1, 0.15) is 37.0 Å². The molecule has 0 fully saturated rings. The molecule has 1 N–H and O–H groups in total. The number of thiophene rings is 1. The second kappa shape index (κ2) is 8.73. The Morgan fingerprint density at radius 2 is 2.17 bits per heavy atom. The third kappa shape index (κ3) is 5.50. The van der Waals surface area contributed by atoms with Crippen LogP contribution in [0.5, 0.6) is 0 Å². The fourth-order valence-electron chi connectivity index (χ4n) is 2.63. The van der Waals surface area contributed by atoms with Crippen molar-refractivity contribution < 1.29 is 18.7 Å². The minimum absolute atomic E-state index is 0.209.